The number of benzene rings is 9. The maximum absolute atomic E-state index is 6.28. The molecule has 9 aromatic carbocycles. The van der Waals surface area contributed by atoms with E-state index in [0.29, 0.717) is 12.3 Å². The minimum atomic E-state index is 0.658. The highest BCUT2D eigenvalue weighted by atomic mass is 16.3. The molecule has 11 aromatic rings. The molecule has 0 aliphatic carbocycles. The molecule has 0 saturated heterocycles. The second-order valence-corrected chi connectivity index (χ2v) is 16.8. The van der Waals surface area contributed by atoms with Crippen molar-refractivity contribution >= 4 is 61.1 Å². The fourth-order valence-electron chi connectivity index (χ4n) is 9.36. The molecule has 3 heterocycles. The average Bonchev–Trinajstić information content (AvgIpc) is 3.87. The summed E-state index contributed by atoms with van der Waals surface area (Å²) in [6.07, 6.45) is 1.46. The van der Waals surface area contributed by atoms with Crippen molar-refractivity contribution in [3.8, 4) is 44.5 Å². The van der Waals surface area contributed by atoms with E-state index in [-0.39, 0.29) is 0 Å². The van der Waals surface area contributed by atoms with Crippen LogP contribution in [0.15, 0.2) is 237 Å². The maximum atomic E-state index is 6.28. The fourth-order valence-corrected chi connectivity index (χ4v) is 9.36. The number of fused-ring (bicyclic) bond motifs is 6. The van der Waals surface area contributed by atoms with Crippen LogP contribution in [-0.2, 0) is 0 Å². The number of hydrogen-bond acceptors (Lipinski definition) is 4. The summed E-state index contributed by atoms with van der Waals surface area (Å²) in [7, 11) is 0. The van der Waals surface area contributed by atoms with Crippen LogP contribution in [0, 0.1) is 0 Å². The molecule has 0 atom stereocenters. The van der Waals surface area contributed by atoms with Crippen LogP contribution in [0.25, 0.3) is 94.1 Å². The third kappa shape index (κ3) is 7.16. The predicted octanol–water partition coefficient (Wildman–Crippen LogP) is 16.6. The quantitative estimate of drug-likeness (QED) is 0.153. The third-order valence-corrected chi connectivity index (χ3v) is 12.8. The standard InChI is InChI=1S/C61H42N2O2/c1-2-39-38-55(44-25-21-42(22-26-44)40-13-5-3-6-14-40)62-61(45-27-23-43(24-28-45)41-15-7-4-8-16-41)63-60(39)50-34-48(46-29-31-58-53(36-46)51-17-9-11-19-56(51)64-58)33-49(35-50)47-30-32-59-54(37-47)52-18-10-12-20-57(52)65-59/h3-37H,2,38H2,1H3. The van der Waals surface area contributed by atoms with Crippen LogP contribution in [0.3, 0.4) is 0 Å². The van der Waals surface area contributed by atoms with Crippen molar-refractivity contribution in [2.45, 2.75) is 19.8 Å². The Labute approximate surface area is 377 Å². The molecule has 65 heavy (non-hydrogen) atoms. The molecule has 0 radical (unpaired) electrons. The summed E-state index contributed by atoms with van der Waals surface area (Å²) in [6, 6.07) is 75.0. The monoisotopic (exact) mass is 834 g/mol. The fraction of sp³-hybridized carbons (Fsp3) is 0.0492. The van der Waals surface area contributed by atoms with Gasteiger partial charge >= 0.3 is 0 Å². The van der Waals surface area contributed by atoms with Crippen molar-refractivity contribution in [3.63, 3.8) is 0 Å². The maximum Gasteiger partial charge on any atom is 0.160 e. The summed E-state index contributed by atoms with van der Waals surface area (Å²) in [6.45, 7) is 2.24. The first-order valence-corrected chi connectivity index (χ1v) is 22.3. The molecule has 0 N–H and O–H groups in total. The van der Waals surface area contributed by atoms with E-state index in [0.717, 1.165) is 106 Å². The molecular weight excluding hydrogens is 793 g/mol. The highest BCUT2D eigenvalue weighted by Crippen LogP contribution is 2.40. The van der Waals surface area contributed by atoms with Gasteiger partial charge in [-0.05, 0) is 117 Å². The molecule has 0 unspecified atom stereocenters. The van der Waals surface area contributed by atoms with E-state index in [4.69, 9.17) is 18.8 Å². The van der Waals surface area contributed by atoms with Gasteiger partial charge in [-0.1, -0.05) is 165 Å². The Kier molecular flexibility index (Phi) is 9.49. The topological polar surface area (TPSA) is 51.0 Å². The van der Waals surface area contributed by atoms with E-state index >= 15 is 0 Å². The van der Waals surface area contributed by atoms with Gasteiger partial charge in [-0.25, -0.2) is 9.98 Å². The molecule has 1 aliphatic heterocycles. The van der Waals surface area contributed by atoms with Crippen molar-refractivity contribution in [2.75, 3.05) is 0 Å². The van der Waals surface area contributed by atoms with Gasteiger partial charge in [0.05, 0.1) is 11.4 Å². The Balaban J connectivity index is 1.05. The number of nitrogens with zero attached hydrogens (tertiary/aromatic N) is 2. The lowest BCUT2D eigenvalue weighted by molar-refractivity contribution is 0.668. The van der Waals surface area contributed by atoms with Crippen LogP contribution in [0.2, 0.25) is 0 Å². The number of para-hydroxylation sites is 2. The van der Waals surface area contributed by atoms with Crippen molar-refractivity contribution < 1.29 is 8.83 Å². The van der Waals surface area contributed by atoms with Gasteiger partial charge in [-0.15, -0.1) is 0 Å². The van der Waals surface area contributed by atoms with Gasteiger partial charge in [0.1, 0.15) is 22.3 Å². The highest BCUT2D eigenvalue weighted by molar-refractivity contribution is 6.16. The number of hydrogen-bond donors (Lipinski definition) is 0. The first kappa shape index (κ1) is 38.3. The van der Waals surface area contributed by atoms with Gasteiger partial charge in [0.15, 0.2) is 5.84 Å². The van der Waals surface area contributed by atoms with Crippen LogP contribution in [0.1, 0.15) is 36.5 Å². The third-order valence-electron chi connectivity index (χ3n) is 12.8. The predicted molar refractivity (Wildman–Crippen MR) is 271 cm³/mol. The minimum absolute atomic E-state index is 0.658. The van der Waals surface area contributed by atoms with Crippen LogP contribution in [-0.4, -0.2) is 11.5 Å². The molecule has 0 bridgehead atoms. The van der Waals surface area contributed by atoms with Crippen molar-refractivity contribution in [3.05, 3.63) is 235 Å². The summed E-state index contributed by atoms with van der Waals surface area (Å²) in [5.74, 6) is 0.690. The number of aliphatic imine (C=N–C) groups is 2. The smallest absolute Gasteiger partial charge is 0.160 e. The molecule has 308 valence electrons. The molecule has 0 amide bonds. The molecule has 4 heteroatoms. The van der Waals surface area contributed by atoms with Gasteiger partial charge in [-0.2, -0.15) is 0 Å². The van der Waals surface area contributed by atoms with Gasteiger partial charge in [-0.3, -0.25) is 0 Å². The summed E-state index contributed by atoms with van der Waals surface area (Å²) in [5, 5.41) is 4.39. The minimum Gasteiger partial charge on any atom is -0.456 e. The molecule has 2 aromatic heterocycles. The lowest BCUT2D eigenvalue weighted by Gasteiger charge is -2.15. The van der Waals surface area contributed by atoms with Gasteiger partial charge in [0, 0.05) is 39.1 Å². The van der Waals surface area contributed by atoms with Crippen LogP contribution >= 0.6 is 0 Å². The van der Waals surface area contributed by atoms with E-state index in [1.54, 1.807) is 0 Å². The molecule has 12 rings (SSSR count). The van der Waals surface area contributed by atoms with Crippen molar-refractivity contribution in [1.29, 1.82) is 0 Å². The van der Waals surface area contributed by atoms with Gasteiger partial charge in [0.25, 0.3) is 0 Å². The summed E-state index contributed by atoms with van der Waals surface area (Å²) < 4.78 is 12.6. The highest BCUT2D eigenvalue weighted by Gasteiger charge is 2.21. The van der Waals surface area contributed by atoms with Crippen molar-refractivity contribution in [2.24, 2.45) is 9.98 Å². The first-order valence-electron chi connectivity index (χ1n) is 22.3. The molecular formula is C61H42N2O2. The zero-order chi connectivity index (χ0) is 43.3. The van der Waals surface area contributed by atoms with Crippen molar-refractivity contribution in [1.82, 2.24) is 0 Å². The second kappa shape index (κ2) is 16.1. The van der Waals surface area contributed by atoms with Gasteiger partial charge < -0.3 is 8.83 Å². The Morgan fingerprint density at radius 2 is 0.754 bits per heavy atom. The normalized spacial score (nSPS) is 13.1. The lowest BCUT2D eigenvalue weighted by Crippen LogP contribution is -2.06. The van der Waals surface area contributed by atoms with E-state index in [2.05, 4.69) is 195 Å². The zero-order valence-electron chi connectivity index (χ0n) is 35.8. The zero-order valence-corrected chi connectivity index (χ0v) is 35.8. The Hall–Kier alpha value is -8.34. The first-order chi connectivity index (χ1) is 32.1. The Morgan fingerprint density at radius 1 is 0.338 bits per heavy atom. The van der Waals surface area contributed by atoms with Crippen LogP contribution in [0.5, 0.6) is 0 Å². The van der Waals surface area contributed by atoms with Crippen LogP contribution < -0.4 is 0 Å². The van der Waals surface area contributed by atoms with Crippen LogP contribution in [0.4, 0.5) is 0 Å². The molecule has 1 aliphatic rings. The molecule has 0 spiro atoms. The summed E-state index contributed by atoms with van der Waals surface area (Å²) >= 11 is 0. The largest absolute Gasteiger partial charge is 0.456 e. The summed E-state index contributed by atoms with van der Waals surface area (Å²) in [4.78, 5) is 11.1. The number of rotatable bonds is 8. The van der Waals surface area contributed by atoms with E-state index in [9.17, 15) is 0 Å². The Bertz CT molecular complexity index is 3550. The van der Waals surface area contributed by atoms with E-state index in [1.165, 1.54) is 22.3 Å². The summed E-state index contributed by atoms with van der Waals surface area (Å²) in [5.41, 5.74) is 18.8. The molecule has 0 fully saturated rings. The van der Waals surface area contributed by atoms with Gasteiger partial charge in [0.2, 0.25) is 0 Å². The number of furan rings is 2. The number of allylic oxidation sites excluding steroid dienone is 1. The van der Waals surface area contributed by atoms with E-state index < -0.39 is 0 Å². The van der Waals surface area contributed by atoms with E-state index in [1.807, 2.05) is 24.3 Å². The average molecular weight is 835 g/mol. The second-order valence-electron chi connectivity index (χ2n) is 16.8. The Morgan fingerprint density at radius 3 is 1.28 bits per heavy atom. The molecule has 0 saturated carbocycles. The number of amidine groups is 1. The SMILES string of the molecule is CCC1=C(c2cc(-c3ccc4oc5ccccc5c4c3)cc(-c3ccc4oc5ccccc5c4c3)c2)N=C(c2ccc(-c3ccccc3)cc2)N=C(c2ccc(-c3ccccc3)cc2)C1. The lowest BCUT2D eigenvalue weighted by atomic mass is 9.91. The molecule has 4 nitrogen and oxygen atoms in total.